The number of benzene rings is 1. The number of rotatable bonds is 18. The molecule has 0 radical (unpaired) electrons. The molecule has 2 atom stereocenters. The van der Waals surface area contributed by atoms with Crippen LogP contribution in [0.3, 0.4) is 0 Å². The van der Waals surface area contributed by atoms with Gasteiger partial charge in [0.1, 0.15) is 18.2 Å². The largest absolute Gasteiger partial charge is 0.481 e. The summed E-state index contributed by atoms with van der Waals surface area (Å²) in [6, 6.07) is 4.97. The van der Waals surface area contributed by atoms with Crippen molar-refractivity contribution in [3.8, 4) is 0 Å². The molecule has 2 unspecified atom stereocenters. The van der Waals surface area contributed by atoms with Crippen LogP contribution in [0.2, 0.25) is 0 Å². The van der Waals surface area contributed by atoms with Crippen LogP contribution in [0.25, 0.3) is 0 Å². The fraction of sp³-hybridized carbons (Fsp3) is 0.458. The lowest BCUT2D eigenvalue weighted by molar-refractivity contribution is -0.137. The highest BCUT2D eigenvalue weighted by Crippen LogP contribution is 2.07. The Bertz CT molecular complexity index is 1030. The maximum absolute atomic E-state index is 12.5. The average Bonchev–Trinajstić information content (AvgIpc) is 2.89. The standard InChI is InChI=1S/C24H36N8O7/c25-21(26)16-7-5-15(6-8-16)3-2-12-39-24(38)32-18(9-10-20(35)36)22(37)30-13-19(34)31-17(14-33)4-1-11-29-23(27)28/h5-8,14,17-18H,1-4,9-13H2,(H3,25,26)(H,30,37)(H,31,34)(H,32,38)(H,35,36)(H4,27,28,29). The second-order valence-corrected chi connectivity index (χ2v) is 8.46. The molecule has 0 spiro atoms. The average molecular weight is 549 g/mol. The van der Waals surface area contributed by atoms with E-state index in [0.717, 1.165) is 5.56 Å². The van der Waals surface area contributed by atoms with Gasteiger partial charge in [-0.25, -0.2) is 4.79 Å². The van der Waals surface area contributed by atoms with E-state index in [4.69, 9.17) is 32.5 Å². The summed E-state index contributed by atoms with van der Waals surface area (Å²) in [7, 11) is 0. The summed E-state index contributed by atoms with van der Waals surface area (Å²) >= 11 is 0. The molecule has 0 saturated carbocycles. The minimum absolute atomic E-state index is 0.0340. The summed E-state index contributed by atoms with van der Waals surface area (Å²) in [6.07, 6.45) is 0.749. The number of nitrogens with one attached hydrogen (secondary N) is 4. The van der Waals surface area contributed by atoms with Crippen molar-refractivity contribution in [1.29, 1.82) is 5.41 Å². The number of aldehydes is 1. The van der Waals surface area contributed by atoms with E-state index in [0.29, 0.717) is 31.1 Å². The number of nitrogen functional groups attached to an aromatic ring is 1. The summed E-state index contributed by atoms with van der Waals surface area (Å²) in [4.78, 5) is 62.8. The normalized spacial score (nSPS) is 11.8. The third kappa shape index (κ3) is 14.6. The third-order valence-electron chi connectivity index (χ3n) is 5.26. The molecule has 1 rings (SSSR count). The van der Waals surface area contributed by atoms with Crippen molar-refractivity contribution in [1.82, 2.24) is 16.0 Å². The molecule has 214 valence electrons. The predicted molar refractivity (Wildman–Crippen MR) is 142 cm³/mol. The first-order chi connectivity index (χ1) is 18.5. The Morgan fingerprint density at radius 1 is 1.05 bits per heavy atom. The first-order valence-corrected chi connectivity index (χ1v) is 12.2. The number of aliphatic imine (C=N–C) groups is 1. The van der Waals surface area contributed by atoms with Crippen LogP contribution >= 0.6 is 0 Å². The van der Waals surface area contributed by atoms with Gasteiger partial charge in [-0.1, -0.05) is 24.3 Å². The fourth-order valence-electron chi connectivity index (χ4n) is 3.25. The Balaban J connectivity index is 2.50. The topological polar surface area (TPSA) is 265 Å². The number of aliphatic carboxylic acids is 1. The maximum atomic E-state index is 12.5. The van der Waals surface area contributed by atoms with Crippen molar-refractivity contribution in [3.63, 3.8) is 0 Å². The maximum Gasteiger partial charge on any atom is 0.407 e. The van der Waals surface area contributed by atoms with E-state index in [1.165, 1.54) is 0 Å². The molecule has 0 fully saturated rings. The van der Waals surface area contributed by atoms with E-state index in [2.05, 4.69) is 20.9 Å². The van der Waals surface area contributed by atoms with Gasteiger partial charge in [-0.2, -0.15) is 0 Å². The van der Waals surface area contributed by atoms with Crippen molar-refractivity contribution < 1.29 is 33.8 Å². The number of nitrogens with two attached hydrogens (primary N) is 3. The van der Waals surface area contributed by atoms with Crippen LogP contribution in [0, 0.1) is 5.41 Å². The van der Waals surface area contributed by atoms with Crippen LogP contribution in [-0.4, -0.2) is 78.8 Å². The highest BCUT2D eigenvalue weighted by molar-refractivity contribution is 5.94. The van der Waals surface area contributed by atoms with E-state index in [-0.39, 0.29) is 37.8 Å². The molecule has 0 aliphatic carbocycles. The lowest BCUT2D eigenvalue weighted by Crippen LogP contribution is -2.50. The van der Waals surface area contributed by atoms with Gasteiger partial charge in [-0.05, 0) is 37.7 Å². The van der Waals surface area contributed by atoms with Crippen molar-refractivity contribution in [2.75, 3.05) is 19.7 Å². The molecule has 11 N–H and O–H groups in total. The van der Waals surface area contributed by atoms with Crippen LogP contribution in [0.1, 0.15) is 43.2 Å². The highest BCUT2D eigenvalue weighted by atomic mass is 16.5. The van der Waals surface area contributed by atoms with E-state index >= 15 is 0 Å². The molecule has 15 heteroatoms. The van der Waals surface area contributed by atoms with E-state index in [1.54, 1.807) is 12.1 Å². The van der Waals surface area contributed by atoms with Gasteiger partial charge in [-0.3, -0.25) is 24.8 Å². The summed E-state index contributed by atoms with van der Waals surface area (Å²) in [6.45, 7) is -0.188. The Hall–Kier alpha value is -4.69. The molecular weight excluding hydrogens is 512 g/mol. The van der Waals surface area contributed by atoms with E-state index < -0.39 is 48.9 Å². The minimum atomic E-state index is -1.26. The Labute approximate surface area is 225 Å². The van der Waals surface area contributed by atoms with Crippen LogP contribution in [0.15, 0.2) is 29.3 Å². The van der Waals surface area contributed by atoms with Gasteiger partial charge in [-0.15, -0.1) is 0 Å². The molecule has 0 aliphatic heterocycles. The zero-order valence-electron chi connectivity index (χ0n) is 21.5. The molecule has 0 aromatic heterocycles. The first-order valence-electron chi connectivity index (χ1n) is 12.2. The van der Waals surface area contributed by atoms with Crippen LogP contribution < -0.4 is 33.2 Å². The zero-order valence-corrected chi connectivity index (χ0v) is 21.5. The number of guanidine groups is 1. The highest BCUT2D eigenvalue weighted by Gasteiger charge is 2.23. The number of hydrogen-bond donors (Lipinski definition) is 8. The number of amidine groups is 1. The van der Waals surface area contributed by atoms with Crippen molar-refractivity contribution in [2.45, 2.75) is 50.6 Å². The number of ether oxygens (including phenoxy) is 1. The number of carboxylic acids is 1. The van der Waals surface area contributed by atoms with Crippen LogP contribution in [-0.2, 0) is 30.3 Å². The van der Waals surface area contributed by atoms with Gasteiger partial charge < -0.3 is 47.8 Å². The summed E-state index contributed by atoms with van der Waals surface area (Å²) in [5.41, 5.74) is 17.4. The van der Waals surface area contributed by atoms with Gasteiger partial charge in [0.25, 0.3) is 0 Å². The van der Waals surface area contributed by atoms with Gasteiger partial charge in [0, 0.05) is 18.5 Å². The number of carbonyl (C=O) groups excluding carboxylic acids is 4. The Kier molecular flexibility index (Phi) is 14.7. The smallest absolute Gasteiger partial charge is 0.407 e. The molecule has 39 heavy (non-hydrogen) atoms. The van der Waals surface area contributed by atoms with Crippen LogP contribution in [0.4, 0.5) is 4.79 Å². The quantitative estimate of drug-likeness (QED) is 0.0465. The SMILES string of the molecule is N=C(N)c1ccc(CCCOC(=O)NC(CCC(=O)O)C(=O)NCC(=O)NC(C=O)CCCN=C(N)N)cc1. The summed E-state index contributed by atoms with van der Waals surface area (Å²) in [5.74, 6) is -2.74. The van der Waals surface area contributed by atoms with Gasteiger partial charge in [0.2, 0.25) is 11.8 Å². The fourth-order valence-corrected chi connectivity index (χ4v) is 3.25. The molecule has 3 amide bonds. The second kappa shape index (κ2) is 17.7. The first kappa shape index (κ1) is 32.3. The Morgan fingerprint density at radius 3 is 2.33 bits per heavy atom. The second-order valence-electron chi connectivity index (χ2n) is 8.46. The summed E-state index contributed by atoms with van der Waals surface area (Å²) < 4.78 is 5.09. The predicted octanol–water partition coefficient (Wildman–Crippen LogP) is -1.28. The van der Waals surface area contributed by atoms with Crippen molar-refractivity contribution in [2.24, 2.45) is 22.2 Å². The number of nitrogens with zero attached hydrogens (tertiary/aromatic N) is 1. The van der Waals surface area contributed by atoms with E-state index in [1.807, 2.05) is 12.1 Å². The number of alkyl carbamates (subject to hydrolysis) is 1. The number of carbonyl (C=O) groups is 5. The summed E-state index contributed by atoms with van der Waals surface area (Å²) in [5, 5.41) is 23.4. The van der Waals surface area contributed by atoms with Gasteiger partial charge in [0.15, 0.2) is 5.96 Å². The number of carboxylic acid groups (broad SMARTS) is 1. The molecule has 1 aromatic carbocycles. The molecule has 0 heterocycles. The Morgan fingerprint density at radius 2 is 1.74 bits per heavy atom. The molecular formula is C24H36N8O7. The van der Waals surface area contributed by atoms with Gasteiger partial charge in [0.05, 0.1) is 19.2 Å². The minimum Gasteiger partial charge on any atom is -0.481 e. The number of amides is 3. The number of hydrogen-bond acceptors (Lipinski definition) is 8. The monoisotopic (exact) mass is 548 g/mol. The zero-order chi connectivity index (χ0) is 29.2. The van der Waals surface area contributed by atoms with Crippen LogP contribution in [0.5, 0.6) is 0 Å². The van der Waals surface area contributed by atoms with Crippen molar-refractivity contribution >= 4 is 42.0 Å². The van der Waals surface area contributed by atoms with Gasteiger partial charge >= 0.3 is 12.1 Å². The lowest BCUT2D eigenvalue weighted by atomic mass is 10.1. The molecule has 0 aliphatic rings. The lowest BCUT2D eigenvalue weighted by Gasteiger charge is -2.18. The molecule has 0 saturated heterocycles. The van der Waals surface area contributed by atoms with E-state index in [9.17, 15) is 24.0 Å². The number of aryl methyl sites for hydroxylation is 1. The molecule has 1 aromatic rings. The molecule has 15 nitrogen and oxygen atoms in total. The third-order valence-corrected chi connectivity index (χ3v) is 5.26. The molecule has 0 bridgehead atoms. The van der Waals surface area contributed by atoms with Crippen molar-refractivity contribution in [3.05, 3.63) is 35.4 Å².